The second-order valence-electron chi connectivity index (χ2n) is 7.93. The Morgan fingerprint density at radius 2 is 1.61 bits per heavy atom. The summed E-state index contributed by atoms with van der Waals surface area (Å²) >= 11 is 0. The van der Waals surface area contributed by atoms with Crippen molar-refractivity contribution >= 4 is 23.2 Å². The summed E-state index contributed by atoms with van der Waals surface area (Å²) in [5.41, 5.74) is 3.30. The molecule has 1 N–H and O–H groups in total. The number of nitrogens with one attached hydrogen (secondary N) is 1. The second kappa shape index (κ2) is 10.7. The molecule has 172 valence electrons. The fourth-order valence-corrected chi connectivity index (χ4v) is 3.53. The van der Waals surface area contributed by atoms with Crippen molar-refractivity contribution in [2.24, 2.45) is 0 Å². The average molecular weight is 452 g/mol. The summed E-state index contributed by atoms with van der Waals surface area (Å²) in [7, 11) is 3.80. The van der Waals surface area contributed by atoms with E-state index in [2.05, 4.69) is 5.32 Å². The minimum atomic E-state index is -0.485. The van der Waals surface area contributed by atoms with E-state index in [0.717, 1.165) is 16.8 Å². The normalized spacial score (nSPS) is 10.6. The van der Waals surface area contributed by atoms with E-state index >= 15 is 0 Å². The van der Waals surface area contributed by atoms with Crippen molar-refractivity contribution in [2.75, 3.05) is 24.3 Å². The number of halogens is 2. The molecule has 33 heavy (non-hydrogen) atoms. The molecule has 5 nitrogen and oxygen atoms in total. The van der Waals surface area contributed by atoms with Gasteiger partial charge in [-0.05, 0) is 59.7 Å². The van der Waals surface area contributed by atoms with Crippen molar-refractivity contribution in [2.45, 2.75) is 26.4 Å². The zero-order chi connectivity index (χ0) is 24.0. The molecule has 0 spiro atoms. The Hall–Kier alpha value is -3.74. The lowest BCUT2D eigenvalue weighted by Crippen LogP contribution is -2.30. The van der Waals surface area contributed by atoms with Gasteiger partial charge in [0.2, 0.25) is 5.91 Å². The van der Waals surface area contributed by atoms with E-state index in [-0.39, 0.29) is 17.3 Å². The summed E-state index contributed by atoms with van der Waals surface area (Å²) in [4.78, 5) is 28.9. The van der Waals surface area contributed by atoms with Gasteiger partial charge in [0.1, 0.15) is 11.6 Å². The first-order valence-corrected chi connectivity index (χ1v) is 10.7. The summed E-state index contributed by atoms with van der Waals surface area (Å²) in [6.07, 6.45) is 0.328. The quantitative estimate of drug-likeness (QED) is 0.511. The van der Waals surface area contributed by atoms with Crippen LogP contribution in [0.25, 0.3) is 0 Å². The molecule has 3 aromatic carbocycles. The van der Waals surface area contributed by atoms with Gasteiger partial charge in [-0.3, -0.25) is 9.59 Å². The van der Waals surface area contributed by atoms with Gasteiger partial charge in [-0.2, -0.15) is 0 Å². The maximum atomic E-state index is 13.5. The van der Waals surface area contributed by atoms with Gasteiger partial charge in [0.15, 0.2) is 0 Å². The minimum Gasteiger partial charge on any atom is -0.377 e. The van der Waals surface area contributed by atoms with E-state index in [1.54, 1.807) is 30.0 Å². The maximum Gasteiger partial charge on any atom is 0.255 e. The monoisotopic (exact) mass is 451 g/mol. The molecule has 3 rings (SSSR count). The second-order valence-corrected chi connectivity index (χ2v) is 7.93. The molecule has 0 atom stereocenters. The molecule has 0 radical (unpaired) electrons. The zero-order valence-corrected chi connectivity index (χ0v) is 18.9. The molecular weight excluding hydrogens is 424 g/mol. The SMILES string of the molecule is CCC(=O)N(Cc1ccc(F)cc1)Cc1cc(NC(=O)c2cccc(F)c2)ccc1N(C)C. The number of hydrogen-bond donors (Lipinski definition) is 1. The van der Waals surface area contributed by atoms with Gasteiger partial charge in [0.05, 0.1) is 0 Å². The van der Waals surface area contributed by atoms with E-state index < -0.39 is 11.7 Å². The van der Waals surface area contributed by atoms with Crippen LogP contribution in [0.1, 0.15) is 34.8 Å². The molecule has 0 fully saturated rings. The third-order valence-corrected chi connectivity index (χ3v) is 5.21. The first kappa shape index (κ1) is 23.9. The average Bonchev–Trinajstić information content (AvgIpc) is 2.79. The van der Waals surface area contributed by atoms with Gasteiger partial charge < -0.3 is 15.1 Å². The van der Waals surface area contributed by atoms with Crippen LogP contribution in [0.3, 0.4) is 0 Å². The Morgan fingerprint density at radius 3 is 2.24 bits per heavy atom. The van der Waals surface area contributed by atoms with Crippen LogP contribution in [-0.4, -0.2) is 30.8 Å². The number of anilines is 2. The Morgan fingerprint density at radius 1 is 0.879 bits per heavy atom. The number of rotatable bonds is 8. The van der Waals surface area contributed by atoms with Crippen LogP contribution in [0.15, 0.2) is 66.7 Å². The summed E-state index contributed by atoms with van der Waals surface area (Å²) < 4.78 is 26.8. The smallest absolute Gasteiger partial charge is 0.255 e. The van der Waals surface area contributed by atoms with Gasteiger partial charge in [-0.25, -0.2) is 8.78 Å². The van der Waals surface area contributed by atoms with Crippen molar-refractivity contribution in [3.05, 3.63) is 95.1 Å². The predicted octanol–water partition coefficient (Wildman–Crippen LogP) is 5.22. The zero-order valence-electron chi connectivity index (χ0n) is 18.9. The Labute approximate surface area is 192 Å². The van der Waals surface area contributed by atoms with Crippen molar-refractivity contribution in [1.29, 1.82) is 0 Å². The van der Waals surface area contributed by atoms with Crippen LogP contribution >= 0.6 is 0 Å². The summed E-state index contributed by atoms with van der Waals surface area (Å²) in [6.45, 7) is 2.43. The molecule has 0 aliphatic rings. The lowest BCUT2D eigenvalue weighted by molar-refractivity contribution is -0.132. The first-order chi connectivity index (χ1) is 15.8. The topological polar surface area (TPSA) is 52.7 Å². The van der Waals surface area contributed by atoms with Crippen molar-refractivity contribution < 1.29 is 18.4 Å². The predicted molar refractivity (Wildman–Crippen MR) is 126 cm³/mol. The fraction of sp³-hybridized carbons (Fsp3) is 0.231. The Bertz CT molecular complexity index is 1130. The van der Waals surface area contributed by atoms with E-state index in [1.165, 1.54) is 36.4 Å². The number of hydrogen-bond acceptors (Lipinski definition) is 3. The Balaban J connectivity index is 1.87. The number of benzene rings is 3. The molecule has 2 amide bonds. The lowest BCUT2D eigenvalue weighted by atomic mass is 10.1. The minimum absolute atomic E-state index is 0.0433. The lowest BCUT2D eigenvalue weighted by Gasteiger charge is -2.26. The van der Waals surface area contributed by atoms with Crippen LogP contribution in [0, 0.1) is 11.6 Å². The van der Waals surface area contributed by atoms with Crippen molar-refractivity contribution in [3.63, 3.8) is 0 Å². The van der Waals surface area contributed by atoms with E-state index in [0.29, 0.717) is 25.2 Å². The molecule has 0 heterocycles. The van der Waals surface area contributed by atoms with Crippen LogP contribution in [0.4, 0.5) is 20.2 Å². The summed E-state index contributed by atoms with van der Waals surface area (Å²) in [5, 5.41) is 2.80. The molecule has 0 aliphatic carbocycles. The number of carbonyl (C=O) groups excluding carboxylic acids is 2. The van der Waals surface area contributed by atoms with Crippen LogP contribution in [0.2, 0.25) is 0 Å². The van der Waals surface area contributed by atoms with Gasteiger partial charge in [-0.15, -0.1) is 0 Å². The molecule has 7 heteroatoms. The standard InChI is InChI=1S/C26H27F2N3O2/c1-4-25(32)31(16-18-8-10-21(27)11-9-18)17-20-15-23(12-13-24(20)30(2)3)29-26(33)19-6-5-7-22(28)14-19/h5-15H,4,16-17H2,1-3H3,(H,29,33). The highest BCUT2D eigenvalue weighted by atomic mass is 19.1. The third-order valence-electron chi connectivity index (χ3n) is 5.21. The highest BCUT2D eigenvalue weighted by molar-refractivity contribution is 6.04. The molecule has 0 saturated heterocycles. The van der Waals surface area contributed by atoms with Gasteiger partial charge in [0, 0.05) is 50.5 Å². The Kier molecular flexibility index (Phi) is 7.77. The van der Waals surface area contributed by atoms with Gasteiger partial charge >= 0.3 is 0 Å². The molecule has 0 saturated carbocycles. The number of carbonyl (C=O) groups is 2. The van der Waals surface area contributed by atoms with E-state index in [4.69, 9.17) is 0 Å². The van der Waals surface area contributed by atoms with Crippen LogP contribution < -0.4 is 10.2 Å². The van der Waals surface area contributed by atoms with Gasteiger partial charge in [-0.1, -0.05) is 25.1 Å². The maximum absolute atomic E-state index is 13.5. The molecule has 0 bridgehead atoms. The fourth-order valence-electron chi connectivity index (χ4n) is 3.53. The molecule has 0 unspecified atom stereocenters. The highest BCUT2D eigenvalue weighted by Crippen LogP contribution is 2.26. The van der Waals surface area contributed by atoms with E-state index in [1.807, 2.05) is 31.1 Å². The van der Waals surface area contributed by atoms with Crippen LogP contribution in [-0.2, 0) is 17.9 Å². The molecule has 0 aliphatic heterocycles. The largest absolute Gasteiger partial charge is 0.377 e. The summed E-state index contributed by atoms with van der Waals surface area (Å²) in [6, 6.07) is 17.0. The van der Waals surface area contributed by atoms with Crippen molar-refractivity contribution in [3.8, 4) is 0 Å². The number of nitrogens with zero attached hydrogens (tertiary/aromatic N) is 2. The molecule has 3 aromatic rings. The van der Waals surface area contributed by atoms with Crippen molar-refractivity contribution in [1.82, 2.24) is 4.90 Å². The summed E-state index contributed by atoms with van der Waals surface area (Å²) in [5.74, 6) is -1.28. The molecular formula is C26H27F2N3O2. The highest BCUT2D eigenvalue weighted by Gasteiger charge is 2.17. The van der Waals surface area contributed by atoms with Crippen LogP contribution in [0.5, 0.6) is 0 Å². The first-order valence-electron chi connectivity index (χ1n) is 10.7. The third kappa shape index (κ3) is 6.38. The molecule has 0 aromatic heterocycles. The van der Waals surface area contributed by atoms with E-state index in [9.17, 15) is 18.4 Å². The van der Waals surface area contributed by atoms with Gasteiger partial charge in [0.25, 0.3) is 5.91 Å². The number of amides is 2.